The summed E-state index contributed by atoms with van der Waals surface area (Å²) in [4.78, 5) is 0. The normalized spacial score (nSPS) is 15.3. The highest BCUT2D eigenvalue weighted by Crippen LogP contribution is 2.39. The zero-order valence-electron chi connectivity index (χ0n) is 19.1. The third-order valence-electron chi connectivity index (χ3n) is 5.40. The Morgan fingerprint density at radius 3 is 2.21 bits per heavy atom. The minimum Gasteiger partial charge on any atom is -0.255 e. The Hall–Kier alpha value is -2.32. The summed E-state index contributed by atoms with van der Waals surface area (Å²) in [5.41, 5.74) is 6.77. The Balaban J connectivity index is 2.09. The fourth-order valence-corrected chi connectivity index (χ4v) is 5.63. The van der Waals surface area contributed by atoms with Crippen LogP contribution in [0.15, 0.2) is 71.6 Å². The van der Waals surface area contributed by atoms with E-state index in [1.165, 1.54) is 39.1 Å². The predicted octanol–water partition coefficient (Wildman–Crippen LogP) is 7.39. The number of hydrogen-bond acceptors (Lipinski definition) is 0. The van der Waals surface area contributed by atoms with E-state index >= 15 is 0 Å². The van der Waals surface area contributed by atoms with E-state index in [2.05, 4.69) is 119 Å². The molecular weight excluding hydrogens is 366 g/mol. The van der Waals surface area contributed by atoms with E-state index in [-0.39, 0.29) is 5.41 Å². The van der Waals surface area contributed by atoms with Crippen LogP contribution in [0, 0.1) is 18.4 Å². The molecule has 3 rings (SSSR count). The molecule has 0 spiro atoms. The van der Waals surface area contributed by atoms with Gasteiger partial charge in [0.2, 0.25) is 0 Å². The molecule has 0 atom stereocenters. The van der Waals surface area contributed by atoms with Gasteiger partial charge in [-0.3, -0.25) is 4.58 Å². The lowest BCUT2D eigenvalue weighted by Gasteiger charge is -2.34. The Bertz CT molecular complexity index is 966. The van der Waals surface area contributed by atoms with Crippen LogP contribution in [-0.2, 0) is 0 Å². The van der Waals surface area contributed by atoms with Crippen molar-refractivity contribution in [3.05, 3.63) is 88.7 Å². The number of hydrogen-bond donors (Lipinski definition) is 0. The van der Waals surface area contributed by atoms with Crippen molar-refractivity contribution in [2.75, 3.05) is 0 Å². The van der Waals surface area contributed by atoms with Gasteiger partial charge in [-0.05, 0) is 39.8 Å². The van der Waals surface area contributed by atoms with Crippen LogP contribution in [0.25, 0.3) is 11.1 Å². The van der Waals surface area contributed by atoms with Crippen molar-refractivity contribution in [1.29, 1.82) is 0 Å². The van der Waals surface area contributed by atoms with Gasteiger partial charge in [-0.2, -0.15) is 0 Å². The molecule has 0 aliphatic carbocycles. The first kappa shape index (κ1) is 21.4. The van der Waals surface area contributed by atoms with Gasteiger partial charge in [0.15, 0.2) is 0 Å². The minimum atomic E-state index is -1.47. The highest BCUT2D eigenvalue weighted by molar-refractivity contribution is 6.84. The van der Waals surface area contributed by atoms with Crippen LogP contribution in [0.4, 0.5) is 0 Å². The Morgan fingerprint density at radius 1 is 0.966 bits per heavy atom. The number of aryl methyl sites for hydroxylation is 1. The molecule has 0 N–H and O–H groups in total. The zero-order valence-corrected chi connectivity index (χ0v) is 20.1. The van der Waals surface area contributed by atoms with Crippen molar-refractivity contribution in [2.24, 2.45) is 5.41 Å². The lowest BCUT2D eigenvalue weighted by atomic mass is 9.85. The van der Waals surface area contributed by atoms with Crippen molar-refractivity contribution in [1.82, 2.24) is 0 Å². The molecule has 1 aliphatic rings. The molecule has 0 saturated carbocycles. The molecule has 0 fully saturated rings. The third-order valence-corrected chi connectivity index (χ3v) is 7.47. The number of rotatable bonds is 4. The summed E-state index contributed by atoms with van der Waals surface area (Å²) in [5, 5.41) is 1.52. The van der Waals surface area contributed by atoms with E-state index in [1.54, 1.807) is 0 Å². The highest BCUT2D eigenvalue weighted by atomic mass is 28.3. The van der Waals surface area contributed by atoms with Crippen LogP contribution in [0.2, 0.25) is 19.6 Å². The molecular formula is C27H35NSi. The molecule has 0 saturated heterocycles. The monoisotopic (exact) mass is 401 g/mol. The summed E-state index contributed by atoms with van der Waals surface area (Å²) in [6.07, 6.45) is 5.79. The van der Waals surface area contributed by atoms with Gasteiger partial charge < -0.3 is 0 Å². The van der Waals surface area contributed by atoms with Crippen molar-refractivity contribution in [2.45, 2.75) is 53.8 Å². The average Bonchev–Trinajstić information content (AvgIpc) is 2.62. The van der Waals surface area contributed by atoms with Crippen molar-refractivity contribution >= 4 is 14.8 Å². The van der Waals surface area contributed by atoms with Crippen LogP contribution in [0.5, 0.6) is 0 Å². The molecule has 1 aliphatic heterocycles. The van der Waals surface area contributed by atoms with E-state index in [4.69, 9.17) is 0 Å². The van der Waals surface area contributed by atoms with Crippen LogP contribution < -0.4 is 0 Å². The zero-order chi connectivity index (χ0) is 21.4. The van der Waals surface area contributed by atoms with Crippen molar-refractivity contribution < 1.29 is 4.58 Å². The lowest BCUT2D eigenvalue weighted by Crippen LogP contribution is -2.31. The third kappa shape index (κ3) is 5.00. The van der Waals surface area contributed by atoms with E-state index in [1.807, 2.05) is 0 Å². The first-order valence-corrected chi connectivity index (χ1v) is 14.0. The quantitative estimate of drug-likeness (QED) is 0.285. The smallest absolute Gasteiger partial charge is 0.147 e. The van der Waals surface area contributed by atoms with E-state index < -0.39 is 8.07 Å². The molecule has 0 unspecified atom stereocenters. The first-order valence-electron chi connectivity index (χ1n) is 10.5. The highest BCUT2D eigenvalue weighted by Gasteiger charge is 2.31. The Morgan fingerprint density at radius 2 is 1.62 bits per heavy atom. The van der Waals surface area contributed by atoms with Crippen molar-refractivity contribution in [3.63, 3.8) is 0 Å². The lowest BCUT2D eigenvalue weighted by molar-refractivity contribution is -0.418. The molecule has 1 nitrogen and oxygen atoms in total. The Labute approximate surface area is 178 Å². The average molecular weight is 402 g/mol. The van der Waals surface area contributed by atoms with Crippen LogP contribution in [0.1, 0.15) is 38.3 Å². The molecule has 0 bridgehead atoms. The topological polar surface area (TPSA) is 3.01 Å². The minimum absolute atomic E-state index is 0.250. The van der Waals surface area contributed by atoms with E-state index in [9.17, 15) is 0 Å². The summed E-state index contributed by atoms with van der Waals surface area (Å²) in [6.45, 7) is 20.8. The largest absolute Gasteiger partial charge is 0.255 e. The summed E-state index contributed by atoms with van der Waals surface area (Å²) in [7, 11) is -1.47. The summed E-state index contributed by atoms with van der Waals surface area (Å²) in [6, 6.07) is 18.6. The number of benzene rings is 2. The summed E-state index contributed by atoms with van der Waals surface area (Å²) in [5.74, 6) is 0. The van der Waals surface area contributed by atoms with Gasteiger partial charge in [-0.1, -0.05) is 107 Å². The fraction of sp³-hybridized carbons (Fsp3) is 0.333. The Kier molecular flexibility index (Phi) is 5.78. The summed E-state index contributed by atoms with van der Waals surface area (Å²) >= 11 is 0. The fourth-order valence-electron chi connectivity index (χ4n) is 3.97. The van der Waals surface area contributed by atoms with Crippen molar-refractivity contribution in [3.8, 4) is 11.1 Å². The molecule has 2 aromatic rings. The molecule has 0 radical (unpaired) electrons. The maximum Gasteiger partial charge on any atom is 0.147 e. The van der Waals surface area contributed by atoms with Crippen LogP contribution in [0.3, 0.4) is 0 Å². The molecule has 29 heavy (non-hydrogen) atoms. The second kappa shape index (κ2) is 7.83. The molecule has 2 aromatic carbocycles. The maximum absolute atomic E-state index is 4.39. The summed E-state index contributed by atoms with van der Waals surface area (Å²) < 4.78 is 2.09. The molecule has 0 amide bonds. The number of nitrogens with zero attached hydrogens (tertiary/aromatic N) is 1. The van der Waals surface area contributed by atoms with E-state index in [0.29, 0.717) is 0 Å². The van der Waals surface area contributed by atoms with Gasteiger partial charge in [-0.15, -0.1) is 0 Å². The molecule has 2 heteroatoms. The predicted molar refractivity (Wildman–Crippen MR) is 130 cm³/mol. The van der Waals surface area contributed by atoms with Gasteiger partial charge in [0, 0.05) is 0 Å². The maximum atomic E-state index is 4.39. The van der Waals surface area contributed by atoms with Gasteiger partial charge in [0.25, 0.3) is 0 Å². The number of allylic oxidation sites excluding steroid dienone is 2. The molecule has 1 heterocycles. The molecule has 152 valence electrons. The van der Waals surface area contributed by atoms with Gasteiger partial charge >= 0.3 is 0 Å². The van der Waals surface area contributed by atoms with Crippen LogP contribution in [-0.4, -0.2) is 19.4 Å². The van der Waals surface area contributed by atoms with Gasteiger partial charge in [0.1, 0.15) is 12.2 Å². The van der Waals surface area contributed by atoms with Crippen LogP contribution >= 0.6 is 0 Å². The standard InChI is InChI=1S/C27H35NSi/c1-20-14-15-22(21-12-10-9-11-13-21)16-24(20)25-17-23(18-27(2,3)4)26(19-28(25)5)29(6,7)8/h9-17,19H,5,18H2,1-4,6-8H3. The first-order chi connectivity index (χ1) is 13.5. The SMILES string of the molecule is C=[N+]1C=C([Si](C)(C)C)C(CC(C)(C)C)=C[C-]1c1cc(-c2ccccc2)ccc1C. The van der Waals surface area contributed by atoms with Gasteiger partial charge in [-0.25, -0.2) is 0 Å². The van der Waals surface area contributed by atoms with E-state index in [0.717, 1.165) is 6.42 Å². The van der Waals surface area contributed by atoms with Gasteiger partial charge in [0.05, 0.1) is 14.8 Å². The second-order valence-corrected chi connectivity index (χ2v) is 15.5. The second-order valence-electron chi connectivity index (χ2n) is 10.5. The molecule has 0 aromatic heterocycles.